The molecule has 1 fully saturated rings. The maximum atomic E-state index is 13.9. The van der Waals surface area contributed by atoms with Gasteiger partial charge in [0, 0.05) is 23.0 Å². The third kappa shape index (κ3) is 2.41. The number of hydrogen-bond donors (Lipinski definition) is 0. The Morgan fingerprint density at radius 3 is 2.33 bits per heavy atom. The average Bonchev–Trinajstić information content (AvgIpc) is 2.47. The van der Waals surface area contributed by atoms with Gasteiger partial charge in [0.2, 0.25) is 0 Å². The molecule has 2 unspecified atom stereocenters. The van der Waals surface area contributed by atoms with Gasteiger partial charge < -0.3 is 4.90 Å². The van der Waals surface area contributed by atoms with Crippen molar-refractivity contribution >= 4 is 16.7 Å². The number of halogens is 1. The molecule has 0 bridgehead atoms. The van der Waals surface area contributed by atoms with E-state index in [4.69, 9.17) is 0 Å². The molecule has 1 aliphatic heterocycles. The van der Waals surface area contributed by atoms with Crippen LogP contribution in [-0.2, 0) is 0 Å². The molecule has 0 aliphatic carbocycles. The highest BCUT2D eigenvalue weighted by Gasteiger charge is 2.30. The molecule has 0 N–H and O–H groups in total. The Hall–Kier alpha value is -1.90. The van der Waals surface area contributed by atoms with Crippen molar-refractivity contribution in [2.24, 2.45) is 0 Å². The normalized spacial score (nSPS) is 22.5. The van der Waals surface area contributed by atoms with Gasteiger partial charge in [-0.1, -0.05) is 24.3 Å². The number of benzene rings is 2. The Morgan fingerprint density at radius 1 is 1.05 bits per heavy atom. The molecule has 2 atom stereocenters. The molecule has 2 aromatic rings. The molecular weight excluding hydrogens is 265 g/mol. The monoisotopic (exact) mass is 285 g/mol. The van der Waals surface area contributed by atoms with Crippen LogP contribution in [-0.4, -0.2) is 22.9 Å². The first-order valence-electron chi connectivity index (χ1n) is 7.59. The van der Waals surface area contributed by atoms with Gasteiger partial charge in [-0.25, -0.2) is 4.39 Å². The van der Waals surface area contributed by atoms with Crippen LogP contribution in [0.2, 0.25) is 0 Å². The largest absolute Gasteiger partial charge is 0.333 e. The SMILES string of the molecule is CC1CCCC(C)N1C(=O)c1ccc(F)c2ccccc12. The standard InChI is InChI=1S/C18H20FNO/c1-12-6-5-7-13(2)20(12)18(21)16-10-11-17(19)15-9-4-3-8-14(15)16/h3-4,8-13H,5-7H2,1-2H3. The summed E-state index contributed by atoms with van der Waals surface area (Å²) < 4.78 is 13.9. The number of amides is 1. The Bertz CT molecular complexity index is 672. The topological polar surface area (TPSA) is 20.3 Å². The van der Waals surface area contributed by atoms with E-state index >= 15 is 0 Å². The fraction of sp³-hybridized carbons (Fsp3) is 0.389. The van der Waals surface area contributed by atoms with Crippen LogP contribution in [0.5, 0.6) is 0 Å². The van der Waals surface area contributed by atoms with Gasteiger partial charge in [0.15, 0.2) is 0 Å². The molecule has 1 heterocycles. The molecule has 1 aliphatic rings. The van der Waals surface area contributed by atoms with E-state index in [0.29, 0.717) is 16.3 Å². The smallest absolute Gasteiger partial charge is 0.254 e. The Labute approximate surface area is 124 Å². The summed E-state index contributed by atoms with van der Waals surface area (Å²) in [6.07, 6.45) is 3.24. The molecule has 110 valence electrons. The van der Waals surface area contributed by atoms with Gasteiger partial charge in [-0.15, -0.1) is 0 Å². The average molecular weight is 285 g/mol. The number of rotatable bonds is 1. The molecule has 1 saturated heterocycles. The summed E-state index contributed by atoms with van der Waals surface area (Å²) in [6, 6.07) is 10.7. The zero-order valence-corrected chi connectivity index (χ0v) is 12.5. The molecule has 0 saturated carbocycles. The highest BCUT2D eigenvalue weighted by Crippen LogP contribution is 2.28. The Morgan fingerprint density at radius 2 is 1.67 bits per heavy atom. The van der Waals surface area contributed by atoms with Gasteiger partial charge in [0.25, 0.3) is 5.91 Å². The number of hydrogen-bond acceptors (Lipinski definition) is 1. The van der Waals surface area contributed by atoms with Gasteiger partial charge in [-0.05, 0) is 50.6 Å². The van der Waals surface area contributed by atoms with Crippen LogP contribution in [0, 0.1) is 5.82 Å². The number of nitrogens with zero attached hydrogens (tertiary/aromatic N) is 1. The summed E-state index contributed by atoms with van der Waals surface area (Å²) in [6.45, 7) is 4.19. The maximum Gasteiger partial charge on any atom is 0.254 e. The predicted octanol–water partition coefficient (Wildman–Crippen LogP) is 4.38. The summed E-state index contributed by atoms with van der Waals surface area (Å²) >= 11 is 0. The van der Waals surface area contributed by atoms with Crippen molar-refractivity contribution in [2.75, 3.05) is 0 Å². The summed E-state index contributed by atoms with van der Waals surface area (Å²) in [5, 5.41) is 1.22. The number of carbonyl (C=O) groups is 1. The van der Waals surface area contributed by atoms with Gasteiger partial charge in [0.05, 0.1) is 0 Å². The van der Waals surface area contributed by atoms with Gasteiger partial charge in [-0.2, -0.15) is 0 Å². The van der Waals surface area contributed by atoms with Crippen molar-refractivity contribution in [3.8, 4) is 0 Å². The highest BCUT2D eigenvalue weighted by atomic mass is 19.1. The Balaban J connectivity index is 2.08. The number of carbonyl (C=O) groups excluding carboxylic acids is 1. The van der Waals surface area contributed by atoms with E-state index in [-0.39, 0.29) is 23.8 Å². The van der Waals surface area contributed by atoms with Crippen molar-refractivity contribution in [2.45, 2.75) is 45.2 Å². The first-order valence-corrected chi connectivity index (χ1v) is 7.59. The van der Waals surface area contributed by atoms with Crippen molar-refractivity contribution in [1.29, 1.82) is 0 Å². The minimum atomic E-state index is -0.276. The lowest BCUT2D eigenvalue weighted by Gasteiger charge is -2.39. The van der Waals surface area contributed by atoms with Crippen molar-refractivity contribution in [3.05, 3.63) is 47.8 Å². The second-order valence-corrected chi connectivity index (χ2v) is 5.98. The highest BCUT2D eigenvalue weighted by molar-refractivity contribution is 6.07. The van der Waals surface area contributed by atoms with E-state index in [1.165, 1.54) is 6.07 Å². The summed E-state index contributed by atoms with van der Waals surface area (Å²) in [5.41, 5.74) is 0.604. The third-order valence-corrected chi connectivity index (χ3v) is 4.53. The lowest BCUT2D eigenvalue weighted by atomic mass is 9.95. The maximum absolute atomic E-state index is 13.9. The molecule has 21 heavy (non-hydrogen) atoms. The van der Waals surface area contributed by atoms with E-state index in [2.05, 4.69) is 13.8 Å². The van der Waals surface area contributed by atoms with Crippen LogP contribution >= 0.6 is 0 Å². The molecule has 0 radical (unpaired) electrons. The molecule has 1 amide bonds. The molecule has 2 nitrogen and oxygen atoms in total. The predicted molar refractivity (Wildman–Crippen MR) is 82.9 cm³/mol. The van der Waals surface area contributed by atoms with Crippen LogP contribution in [0.15, 0.2) is 36.4 Å². The van der Waals surface area contributed by atoms with Crippen LogP contribution in [0.4, 0.5) is 4.39 Å². The third-order valence-electron chi connectivity index (χ3n) is 4.53. The van der Waals surface area contributed by atoms with E-state index in [1.54, 1.807) is 18.2 Å². The first-order chi connectivity index (χ1) is 10.1. The quantitative estimate of drug-likeness (QED) is 0.761. The van der Waals surface area contributed by atoms with E-state index in [1.807, 2.05) is 17.0 Å². The Kier molecular flexibility index (Phi) is 3.66. The van der Waals surface area contributed by atoms with Crippen LogP contribution in [0.25, 0.3) is 10.8 Å². The van der Waals surface area contributed by atoms with Gasteiger partial charge >= 0.3 is 0 Å². The lowest BCUT2D eigenvalue weighted by molar-refractivity contribution is 0.0513. The molecule has 3 rings (SSSR count). The lowest BCUT2D eigenvalue weighted by Crippen LogP contribution is -2.47. The molecular formula is C18H20FNO. The molecule has 3 heteroatoms. The fourth-order valence-electron chi connectivity index (χ4n) is 3.41. The summed E-state index contributed by atoms with van der Waals surface area (Å²) in [7, 11) is 0. The van der Waals surface area contributed by atoms with Crippen molar-refractivity contribution in [1.82, 2.24) is 4.90 Å². The molecule has 0 spiro atoms. The minimum Gasteiger partial charge on any atom is -0.333 e. The van der Waals surface area contributed by atoms with Crippen molar-refractivity contribution < 1.29 is 9.18 Å². The van der Waals surface area contributed by atoms with Crippen LogP contribution in [0.1, 0.15) is 43.5 Å². The number of piperidine rings is 1. The molecule has 2 aromatic carbocycles. The first kappa shape index (κ1) is 14.1. The van der Waals surface area contributed by atoms with Gasteiger partial charge in [-0.3, -0.25) is 4.79 Å². The second kappa shape index (κ2) is 5.47. The number of likely N-dealkylation sites (tertiary alicyclic amines) is 1. The zero-order valence-electron chi connectivity index (χ0n) is 12.5. The zero-order chi connectivity index (χ0) is 15.0. The second-order valence-electron chi connectivity index (χ2n) is 5.98. The van der Waals surface area contributed by atoms with Crippen molar-refractivity contribution in [3.63, 3.8) is 0 Å². The van der Waals surface area contributed by atoms with E-state index < -0.39 is 0 Å². The van der Waals surface area contributed by atoms with Crippen LogP contribution in [0.3, 0.4) is 0 Å². The number of fused-ring (bicyclic) bond motifs is 1. The molecule has 0 aromatic heterocycles. The summed E-state index contributed by atoms with van der Waals surface area (Å²) in [4.78, 5) is 14.9. The summed E-state index contributed by atoms with van der Waals surface area (Å²) in [5.74, 6) is -0.257. The fourth-order valence-corrected chi connectivity index (χ4v) is 3.41. The van der Waals surface area contributed by atoms with Gasteiger partial charge in [0.1, 0.15) is 5.82 Å². The van der Waals surface area contributed by atoms with E-state index in [9.17, 15) is 9.18 Å². The van der Waals surface area contributed by atoms with Crippen LogP contribution < -0.4 is 0 Å². The minimum absolute atomic E-state index is 0.0194. The van der Waals surface area contributed by atoms with E-state index in [0.717, 1.165) is 19.3 Å².